The van der Waals surface area contributed by atoms with Crippen LogP contribution < -0.4 is 33.7 Å². The van der Waals surface area contributed by atoms with E-state index in [1.54, 1.807) is 54.4 Å². The molecule has 0 fully saturated rings. The Kier molecular flexibility index (Phi) is 11.1. The van der Waals surface area contributed by atoms with Gasteiger partial charge in [-0.2, -0.15) is 0 Å². The Hall–Kier alpha value is -4.17. The Labute approximate surface area is 235 Å². The molecular weight excluding hydrogens is 514 g/mol. The van der Waals surface area contributed by atoms with Crippen molar-refractivity contribution in [3.8, 4) is 34.5 Å². The Morgan fingerprint density at radius 3 is 2.00 bits per heavy atom. The number of allylic oxidation sites excluding steroid dienone is 2. The van der Waals surface area contributed by atoms with E-state index in [9.17, 15) is 0 Å². The molecule has 7 nitrogen and oxygen atoms in total. The highest BCUT2D eigenvalue weighted by molar-refractivity contribution is 8.01. The van der Waals surface area contributed by atoms with E-state index in [0.29, 0.717) is 28.7 Å². The van der Waals surface area contributed by atoms with Crippen LogP contribution in [0.15, 0.2) is 72.8 Å². The fourth-order valence-corrected chi connectivity index (χ4v) is 4.48. The maximum Gasteiger partial charge on any atom is 0.161 e. The lowest BCUT2D eigenvalue weighted by atomic mass is 10.1. The molecule has 206 valence electrons. The summed E-state index contributed by atoms with van der Waals surface area (Å²) >= 11 is 1.66. The molecule has 0 aliphatic heterocycles. The molecule has 0 aromatic heterocycles. The Morgan fingerprint density at radius 1 is 0.744 bits per heavy atom. The summed E-state index contributed by atoms with van der Waals surface area (Å²) in [5.41, 5.74) is 4.59. The van der Waals surface area contributed by atoms with E-state index in [4.69, 9.17) is 28.4 Å². The van der Waals surface area contributed by atoms with Crippen molar-refractivity contribution in [2.24, 2.45) is 0 Å². The first-order chi connectivity index (χ1) is 19.0. The van der Waals surface area contributed by atoms with Crippen molar-refractivity contribution in [2.75, 3.05) is 48.0 Å². The van der Waals surface area contributed by atoms with Crippen molar-refractivity contribution in [1.82, 2.24) is 0 Å². The molecule has 0 saturated carbocycles. The Morgan fingerprint density at radius 2 is 1.38 bits per heavy atom. The second-order valence-corrected chi connectivity index (χ2v) is 9.06. The van der Waals surface area contributed by atoms with Crippen LogP contribution in [-0.2, 0) is 5.75 Å². The second-order valence-electron chi connectivity index (χ2n) is 8.17. The van der Waals surface area contributed by atoms with Crippen molar-refractivity contribution in [3.05, 3.63) is 89.5 Å². The zero-order valence-corrected chi connectivity index (χ0v) is 24.0. The normalized spacial score (nSPS) is 10.9. The molecule has 0 atom stereocenters. The van der Waals surface area contributed by atoms with Gasteiger partial charge >= 0.3 is 0 Å². The van der Waals surface area contributed by atoms with Crippen molar-refractivity contribution < 1.29 is 28.4 Å². The van der Waals surface area contributed by atoms with Crippen molar-refractivity contribution >= 4 is 29.1 Å². The molecule has 0 spiro atoms. The molecule has 3 aromatic rings. The van der Waals surface area contributed by atoms with Gasteiger partial charge in [0.2, 0.25) is 0 Å². The third kappa shape index (κ3) is 7.67. The zero-order chi connectivity index (χ0) is 28.2. The highest BCUT2D eigenvalue weighted by atomic mass is 32.2. The van der Waals surface area contributed by atoms with Crippen LogP contribution in [0.4, 0.5) is 5.69 Å². The average molecular weight is 550 g/mol. The highest BCUT2D eigenvalue weighted by Gasteiger charge is 2.11. The summed E-state index contributed by atoms with van der Waals surface area (Å²) in [6.45, 7) is 4.17. The predicted octanol–water partition coefficient (Wildman–Crippen LogP) is 7.28. The third-order valence-corrected chi connectivity index (χ3v) is 6.70. The van der Waals surface area contributed by atoms with E-state index >= 15 is 0 Å². The number of ether oxygens (including phenoxy) is 6. The summed E-state index contributed by atoms with van der Waals surface area (Å²) in [4.78, 5) is 0. The van der Waals surface area contributed by atoms with Gasteiger partial charge in [-0.05, 0) is 58.5 Å². The van der Waals surface area contributed by atoms with Crippen LogP contribution in [0.3, 0.4) is 0 Å². The van der Waals surface area contributed by atoms with Gasteiger partial charge < -0.3 is 33.7 Å². The van der Waals surface area contributed by atoms with Gasteiger partial charge in [-0.3, -0.25) is 0 Å². The number of hydrogen-bond acceptors (Lipinski definition) is 8. The summed E-state index contributed by atoms with van der Waals surface area (Å²) in [6.07, 6.45) is 5.73. The average Bonchev–Trinajstić information content (AvgIpc) is 2.98. The van der Waals surface area contributed by atoms with Crippen molar-refractivity contribution in [3.63, 3.8) is 0 Å². The van der Waals surface area contributed by atoms with Crippen LogP contribution in [0.2, 0.25) is 0 Å². The second kappa shape index (κ2) is 14.7. The van der Waals surface area contributed by atoms with Crippen LogP contribution >= 0.6 is 11.8 Å². The molecule has 3 aromatic carbocycles. The Bertz CT molecular complexity index is 1310. The van der Waals surface area contributed by atoms with Crippen LogP contribution in [0.1, 0.15) is 16.7 Å². The molecule has 0 amide bonds. The van der Waals surface area contributed by atoms with Crippen LogP contribution in [0.25, 0.3) is 11.6 Å². The lowest BCUT2D eigenvalue weighted by Gasteiger charge is -2.12. The topological polar surface area (TPSA) is 67.4 Å². The van der Waals surface area contributed by atoms with Gasteiger partial charge in [0.25, 0.3) is 0 Å². The molecule has 3 rings (SSSR count). The molecule has 39 heavy (non-hydrogen) atoms. The quantitative estimate of drug-likeness (QED) is 0.210. The number of hydrogen-bond donors (Lipinski definition) is 1. The number of methoxy groups -OCH3 is 6. The van der Waals surface area contributed by atoms with Crippen molar-refractivity contribution in [1.29, 1.82) is 0 Å². The third-order valence-electron chi connectivity index (χ3n) is 5.88. The van der Waals surface area contributed by atoms with Gasteiger partial charge in [0.05, 0.1) is 53.9 Å². The van der Waals surface area contributed by atoms with Gasteiger partial charge in [0.15, 0.2) is 11.5 Å². The van der Waals surface area contributed by atoms with E-state index in [0.717, 1.165) is 39.5 Å². The lowest BCUT2D eigenvalue weighted by Crippen LogP contribution is -1.95. The number of nitrogens with one attached hydrogen (secondary N) is 1. The van der Waals surface area contributed by atoms with Crippen LogP contribution in [0, 0.1) is 0 Å². The van der Waals surface area contributed by atoms with E-state index in [1.165, 1.54) is 0 Å². The first-order valence-electron chi connectivity index (χ1n) is 12.1. The van der Waals surface area contributed by atoms with Crippen molar-refractivity contribution in [2.45, 2.75) is 5.75 Å². The molecule has 0 unspecified atom stereocenters. The molecular formula is C31H35NO6S. The van der Waals surface area contributed by atoms with E-state index in [-0.39, 0.29) is 0 Å². The standard InChI is InChI=1S/C31H35NO6S/c1-21(23-9-11-28(35-4)31(17-23)38-7)12-14-32-26-16-22(8-10-27(26)34-3)20-39-15-13-25-29(36-5)18-24(33-2)19-30(25)37-6/h8-19,32H,1,20H2,2-7H3/b14-12-,15-13+. The van der Waals surface area contributed by atoms with Crippen LogP contribution in [-0.4, -0.2) is 42.7 Å². The zero-order valence-electron chi connectivity index (χ0n) is 23.2. The number of thioether (sulfide) groups is 1. The van der Waals surface area contributed by atoms with Gasteiger partial charge in [-0.1, -0.05) is 18.7 Å². The predicted molar refractivity (Wildman–Crippen MR) is 161 cm³/mol. The van der Waals surface area contributed by atoms with Gasteiger partial charge in [0, 0.05) is 24.1 Å². The molecule has 0 aliphatic carbocycles. The van der Waals surface area contributed by atoms with E-state index in [1.807, 2.05) is 66.2 Å². The fourth-order valence-electron chi connectivity index (χ4n) is 3.78. The van der Waals surface area contributed by atoms with Gasteiger partial charge in [-0.15, -0.1) is 11.8 Å². The summed E-state index contributed by atoms with van der Waals surface area (Å²) in [5.74, 6) is 4.87. The molecule has 0 saturated heterocycles. The monoisotopic (exact) mass is 549 g/mol. The minimum atomic E-state index is 0.655. The van der Waals surface area contributed by atoms with E-state index in [2.05, 4.69) is 18.0 Å². The van der Waals surface area contributed by atoms with E-state index < -0.39 is 0 Å². The minimum absolute atomic E-state index is 0.655. The SMILES string of the molecule is C=C(/C=C\Nc1cc(CS/C=C/c2c(OC)cc(OC)cc2OC)ccc1OC)c1ccc(OC)c(OC)c1. The molecule has 0 aliphatic rings. The maximum atomic E-state index is 5.54. The molecule has 0 bridgehead atoms. The molecule has 0 radical (unpaired) electrons. The number of rotatable bonds is 14. The van der Waals surface area contributed by atoms with Crippen LogP contribution in [0.5, 0.6) is 34.5 Å². The molecule has 0 heterocycles. The summed E-state index contributed by atoms with van der Waals surface area (Å²) in [5, 5.41) is 5.34. The molecule has 1 N–H and O–H groups in total. The summed E-state index contributed by atoms with van der Waals surface area (Å²) < 4.78 is 32.6. The smallest absolute Gasteiger partial charge is 0.161 e. The number of anilines is 1. The minimum Gasteiger partial charge on any atom is -0.496 e. The maximum absolute atomic E-state index is 5.54. The summed E-state index contributed by atoms with van der Waals surface area (Å²) in [7, 11) is 9.75. The first-order valence-corrected chi connectivity index (χ1v) is 13.1. The number of benzene rings is 3. The summed E-state index contributed by atoms with van der Waals surface area (Å²) in [6, 6.07) is 15.4. The van der Waals surface area contributed by atoms with Gasteiger partial charge in [-0.25, -0.2) is 0 Å². The highest BCUT2D eigenvalue weighted by Crippen LogP contribution is 2.36. The van der Waals surface area contributed by atoms with Gasteiger partial charge in [0.1, 0.15) is 23.0 Å². The Balaban J connectivity index is 1.68. The molecule has 8 heteroatoms. The lowest BCUT2D eigenvalue weighted by molar-refractivity contribution is 0.355. The first kappa shape index (κ1) is 29.4. The largest absolute Gasteiger partial charge is 0.496 e. The fraction of sp³-hybridized carbons (Fsp3) is 0.226.